The van der Waals surface area contributed by atoms with Crippen LogP contribution in [0, 0.1) is 0 Å². The Morgan fingerprint density at radius 1 is 1.24 bits per heavy atom. The number of fused-ring (bicyclic) bond motifs is 1. The summed E-state index contributed by atoms with van der Waals surface area (Å²) in [6, 6.07) is 8.29. The summed E-state index contributed by atoms with van der Waals surface area (Å²) < 4.78 is 44.4. The predicted octanol–water partition coefficient (Wildman–Crippen LogP) is 1.36. The lowest BCUT2D eigenvalue weighted by molar-refractivity contribution is -0.478. The van der Waals surface area contributed by atoms with Gasteiger partial charge < -0.3 is 22.0 Å². The molecule has 0 aliphatic carbocycles. The molecule has 0 bridgehead atoms. The van der Waals surface area contributed by atoms with E-state index in [1.54, 1.807) is 0 Å². The first kappa shape index (κ1) is 13.5. The van der Waals surface area contributed by atoms with Crippen molar-refractivity contribution in [2.75, 3.05) is 6.61 Å². The molecule has 94 valence electrons. The Balaban J connectivity index is 0.000000249. The molecule has 0 spiro atoms. The predicted molar refractivity (Wildman–Crippen MR) is 57.0 cm³/mol. The smallest absolute Gasteiger partial charge is 0.445 e. The molecule has 1 N–H and O–H groups in total. The van der Waals surface area contributed by atoms with Crippen molar-refractivity contribution in [2.24, 2.45) is 0 Å². The van der Waals surface area contributed by atoms with Gasteiger partial charge in [0.05, 0.1) is 12.2 Å². The van der Waals surface area contributed by atoms with Crippen LogP contribution in [0.25, 0.3) is 0 Å². The van der Waals surface area contributed by atoms with Gasteiger partial charge in [0.25, 0.3) is 0 Å². The average molecular weight is 249 g/mol. The summed E-state index contributed by atoms with van der Waals surface area (Å²) in [7, 11) is -6.00. The second-order valence-electron chi connectivity index (χ2n) is 3.27. The normalized spacial score (nSPS) is 13.4. The topological polar surface area (TPSA) is 23.2 Å². The molecule has 17 heavy (non-hydrogen) atoms. The Bertz CT molecular complexity index is 400. The van der Waals surface area contributed by atoms with Crippen LogP contribution >= 0.6 is 0 Å². The third kappa shape index (κ3) is 4.88. The summed E-state index contributed by atoms with van der Waals surface area (Å²) in [5.41, 5.74) is 2.53. The molecule has 0 saturated carbocycles. The molecule has 2 rings (SSSR count). The Kier molecular flexibility index (Phi) is 4.54. The van der Waals surface area contributed by atoms with Crippen molar-refractivity contribution in [1.29, 1.82) is 0 Å². The fourth-order valence-electron chi connectivity index (χ4n) is 1.44. The molecular formula is C10H12BF4NO. The van der Waals surface area contributed by atoms with E-state index in [1.165, 1.54) is 11.1 Å². The maximum atomic E-state index is 9.75. The van der Waals surface area contributed by atoms with Crippen molar-refractivity contribution in [2.45, 2.75) is 13.5 Å². The highest BCUT2D eigenvalue weighted by Crippen LogP contribution is 2.10. The van der Waals surface area contributed by atoms with Gasteiger partial charge in [0.15, 0.2) is 6.54 Å². The van der Waals surface area contributed by atoms with Crippen molar-refractivity contribution in [3.8, 4) is 0 Å². The fraction of sp³-hybridized carbons (Fsp3) is 0.300. The van der Waals surface area contributed by atoms with E-state index in [0.717, 1.165) is 19.0 Å². The summed E-state index contributed by atoms with van der Waals surface area (Å²) in [6.07, 6.45) is 0. The minimum Gasteiger partial charge on any atom is -0.445 e. The molecule has 1 aromatic rings. The number of rotatable bonds is 1. The van der Waals surface area contributed by atoms with Gasteiger partial charge in [0, 0.05) is 5.56 Å². The Morgan fingerprint density at radius 3 is 2.41 bits per heavy atom. The molecular weight excluding hydrogens is 237 g/mol. The third-order valence-corrected chi connectivity index (χ3v) is 1.99. The zero-order valence-electron chi connectivity index (χ0n) is 9.22. The molecule has 0 fully saturated rings. The molecule has 1 aliphatic heterocycles. The van der Waals surface area contributed by atoms with Crippen molar-refractivity contribution >= 4 is 13.2 Å². The van der Waals surface area contributed by atoms with Gasteiger partial charge in [-0.05, 0) is 13.0 Å². The molecule has 0 amide bonds. The molecule has 0 radical (unpaired) electrons. The maximum Gasteiger partial charge on any atom is 0.673 e. The monoisotopic (exact) mass is 249 g/mol. The van der Waals surface area contributed by atoms with Crippen LogP contribution in [0.2, 0.25) is 0 Å². The van der Waals surface area contributed by atoms with E-state index >= 15 is 0 Å². The number of hydrogen-bond donors (Lipinski definition) is 1. The van der Waals surface area contributed by atoms with Gasteiger partial charge in [0.2, 0.25) is 0 Å². The molecule has 7 heteroatoms. The van der Waals surface area contributed by atoms with Crippen LogP contribution in [0.4, 0.5) is 17.3 Å². The molecule has 0 saturated heterocycles. The molecule has 0 atom stereocenters. The van der Waals surface area contributed by atoms with Crippen LogP contribution in [-0.2, 0) is 11.3 Å². The van der Waals surface area contributed by atoms with Gasteiger partial charge in [-0.3, -0.25) is 0 Å². The molecule has 1 aliphatic rings. The van der Waals surface area contributed by atoms with Crippen molar-refractivity contribution in [1.82, 2.24) is 0 Å². The van der Waals surface area contributed by atoms with Crippen LogP contribution in [0.15, 0.2) is 24.3 Å². The first-order valence-electron chi connectivity index (χ1n) is 5.11. The first-order valence-corrected chi connectivity index (χ1v) is 5.11. The number of ether oxygens (including phenoxy) is 1. The number of halogens is 4. The molecule has 0 aromatic heterocycles. The van der Waals surface area contributed by atoms with Gasteiger partial charge >= 0.3 is 13.2 Å². The zero-order valence-corrected chi connectivity index (χ0v) is 9.22. The van der Waals surface area contributed by atoms with Gasteiger partial charge in [0.1, 0.15) is 0 Å². The molecule has 1 aromatic carbocycles. The Labute approximate surface area is 96.4 Å². The summed E-state index contributed by atoms with van der Waals surface area (Å²) in [6.45, 7) is 3.61. The first-order chi connectivity index (χ1) is 7.92. The molecule has 2 nitrogen and oxygen atoms in total. The largest absolute Gasteiger partial charge is 0.673 e. The lowest BCUT2D eigenvalue weighted by Crippen LogP contribution is -2.68. The zero-order chi connectivity index (χ0) is 12.9. The summed E-state index contributed by atoms with van der Waals surface area (Å²) in [5.74, 6) is 0.924. The highest BCUT2D eigenvalue weighted by Gasteiger charge is 2.22. The van der Waals surface area contributed by atoms with Crippen LogP contribution < -0.4 is 4.99 Å². The number of benzene rings is 1. The van der Waals surface area contributed by atoms with E-state index in [9.17, 15) is 17.3 Å². The number of nitrogens with one attached hydrogen (secondary N) is 1. The van der Waals surface area contributed by atoms with Crippen LogP contribution in [0.5, 0.6) is 0 Å². The van der Waals surface area contributed by atoms with E-state index in [1.807, 2.05) is 13.0 Å². The van der Waals surface area contributed by atoms with Crippen LogP contribution in [0.1, 0.15) is 18.1 Å². The van der Waals surface area contributed by atoms with E-state index in [4.69, 9.17) is 4.74 Å². The van der Waals surface area contributed by atoms with Crippen molar-refractivity contribution in [3.05, 3.63) is 35.4 Å². The second kappa shape index (κ2) is 5.70. The minimum absolute atomic E-state index is 0.719. The highest BCUT2D eigenvalue weighted by atomic mass is 19.5. The van der Waals surface area contributed by atoms with Gasteiger partial charge in [-0.2, -0.15) is 0 Å². The standard InChI is InChI=1S/C10H11NO.BF4/c1-2-12-10-9-6-4-3-5-8(9)7-11-10;2-1(3,4)5/h3-6H,2,7H2,1H3;/q;-1/p+1. The van der Waals surface area contributed by atoms with Gasteiger partial charge in [-0.15, -0.1) is 0 Å². The highest BCUT2D eigenvalue weighted by molar-refractivity contribution is 6.50. The number of hydrogen-bond acceptors (Lipinski definition) is 1. The van der Waals surface area contributed by atoms with Crippen LogP contribution in [0.3, 0.4) is 0 Å². The maximum absolute atomic E-state index is 9.75. The SMILES string of the molecule is CCOC1=[NH+]Cc2ccccc21.F[B-](F)(F)F. The summed E-state index contributed by atoms with van der Waals surface area (Å²) in [5, 5.41) is 0. The average Bonchev–Trinajstić information content (AvgIpc) is 2.60. The van der Waals surface area contributed by atoms with Gasteiger partial charge in [-0.25, -0.2) is 4.99 Å². The minimum atomic E-state index is -6.00. The van der Waals surface area contributed by atoms with E-state index in [2.05, 4.69) is 23.2 Å². The molecule has 0 unspecified atom stereocenters. The van der Waals surface area contributed by atoms with E-state index in [-0.39, 0.29) is 0 Å². The third-order valence-electron chi connectivity index (χ3n) is 1.99. The summed E-state index contributed by atoms with van der Waals surface area (Å²) >= 11 is 0. The molecule has 1 heterocycles. The van der Waals surface area contributed by atoms with Gasteiger partial charge in [-0.1, -0.05) is 18.2 Å². The van der Waals surface area contributed by atoms with Crippen molar-refractivity contribution in [3.63, 3.8) is 0 Å². The van der Waals surface area contributed by atoms with E-state index in [0.29, 0.717) is 0 Å². The second-order valence-corrected chi connectivity index (χ2v) is 3.27. The van der Waals surface area contributed by atoms with E-state index < -0.39 is 7.25 Å². The lowest BCUT2D eigenvalue weighted by Gasteiger charge is -1.97. The summed E-state index contributed by atoms with van der Waals surface area (Å²) in [4.78, 5) is 3.22. The quantitative estimate of drug-likeness (QED) is 0.589. The van der Waals surface area contributed by atoms with Crippen LogP contribution in [-0.4, -0.2) is 19.8 Å². The Hall–Kier alpha value is -1.53. The fourth-order valence-corrected chi connectivity index (χ4v) is 1.44. The Morgan fingerprint density at radius 2 is 1.82 bits per heavy atom. The lowest BCUT2D eigenvalue weighted by atomic mass is 10.1. The van der Waals surface area contributed by atoms with Crippen molar-refractivity contribution < 1.29 is 27.0 Å².